The van der Waals surface area contributed by atoms with Crippen molar-refractivity contribution >= 4 is 11.9 Å². The van der Waals surface area contributed by atoms with Crippen molar-refractivity contribution in [1.82, 2.24) is 4.90 Å². The van der Waals surface area contributed by atoms with Crippen molar-refractivity contribution in [1.29, 1.82) is 0 Å². The zero-order valence-corrected chi connectivity index (χ0v) is 15.1. The summed E-state index contributed by atoms with van der Waals surface area (Å²) in [6.07, 6.45) is 6.38. The average molecular weight is 343 g/mol. The maximum atomic E-state index is 12.6. The summed E-state index contributed by atoms with van der Waals surface area (Å²) in [5.41, 5.74) is 2.70. The van der Waals surface area contributed by atoms with Crippen LogP contribution in [0, 0.1) is 24.7 Å². The van der Waals surface area contributed by atoms with E-state index < -0.39 is 5.97 Å². The molecule has 0 unspecified atom stereocenters. The maximum Gasteiger partial charge on any atom is 0.306 e. The molecule has 1 aromatic rings. The van der Waals surface area contributed by atoms with Crippen LogP contribution in [-0.2, 0) is 16.0 Å². The van der Waals surface area contributed by atoms with Crippen LogP contribution in [-0.4, -0.2) is 35.0 Å². The molecule has 1 N–H and O–H groups in total. The largest absolute Gasteiger partial charge is 0.481 e. The third-order valence-corrected chi connectivity index (χ3v) is 6.02. The summed E-state index contributed by atoms with van der Waals surface area (Å²) in [5, 5.41) is 9.10. The molecule has 0 spiro atoms. The number of carbonyl (C=O) groups is 2. The number of benzene rings is 1. The normalized spacial score (nSPS) is 24.4. The highest BCUT2D eigenvalue weighted by Crippen LogP contribution is 2.33. The first-order chi connectivity index (χ1) is 12.0. The lowest BCUT2D eigenvalue weighted by atomic mass is 9.89. The van der Waals surface area contributed by atoms with Crippen molar-refractivity contribution < 1.29 is 14.7 Å². The maximum absolute atomic E-state index is 12.6. The van der Waals surface area contributed by atoms with E-state index in [1.54, 1.807) is 0 Å². The summed E-state index contributed by atoms with van der Waals surface area (Å²) in [7, 11) is 0. The van der Waals surface area contributed by atoms with Gasteiger partial charge in [0.1, 0.15) is 0 Å². The lowest BCUT2D eigenvalue weighted by Crippen LogP contribution is -2.41. The van der Waals surface area contributed by atoms with Crippen molar-refractivity contribution in [2.24, 2.45) is 17.8 Å². The molecule has 2 fully saturated rings. The number of aryl methyl sites for hydroxylation is 2. The second kappa shape index (κ2) is 8.03. The van der Waals surface area contributed by atoms with Gasteiger partial charge < -0.3 is 10.0 Å². The Morgan fingerprint density at radius 1 is 1.04 bits per heavy atom. The summed E-state index contributed by atoms with van der Waals surface area (Å²) in [5.74, 6) is -0.238. The standard InChI is InChI=1S/C21H29NO3/c1-15-2-4-16(5-3-15)6-7-17-10-12-22(13-11-17)20(23)18-8-9-19(14-18)21(24)25/h2-5,17-19H,6-14H2,1H3,(H,24,25)/t18-,19+/m1/s1. The molecule has 4 nitrogen and oxygen atoms in total. The van der Waals surface area contributed by atoms with E-state index in [2.05, 4.69) is 31.2 Å². The molecular formula is C21H29NO3. The Labute approximate surface area is 150 Å². The predicted octanol–water partition coefficient (Wildman–Crippen LogP) is 3.67. The van der Waals surface area contributed by atoms with E-state index in [9.17, 15) is 9.59 Å². The molecule has 136 valence electrons. The quantitative estimate of drug-likeness (QED) is 0.887. The Balaban J connectivity index is 1.41. The Kier molecular flexibility index (Phi) is 5.77. The molecule has 1 saturated heterocycles. The summed E-state index contributed by atoms with van der Waals surface area (Å²) in [6, 6.07) is 8.77. The number of carboxylic acid groups (broad SMARTS) is 1. The van der Waals surface area contributed by atoms with E-state index in [1.807, 2.05) is 4.90 Å². The molecule has 0 bridgehead atoms. The van der Waals surface area contributed by atoms with E-state index in [1.165, 1.54) is 17.5 Å². The smallest absolute Gasteiger partial charge is 0.306 e. The number of hydrogen-bond donors (Lipinski definition) is 1. The van der Waals surface area contributed by atoms with Gasteiger partial charge in [-0.2, -0.15) is 0 Å². The molecule has 1 aliphatic carbocycles. The van der Waals surface area contributed by atoms with E-state index >= 15 is 0 Å². The van der Waals surface area contributed by atoms with Crippen LogP contribution in [0.1, 0.15) is 49.7 Å². The van der Waals surface area contributed by atoms with Gasteiger partial charge in [-0.1, -0.05) is 29.8 Å². The van der Waals surface area contributed by atoms with Gasteiger partial charge in [-0.05, 0) is 63.4 Å². The van der Waals surface area contributed by atoms with Crippen LogP contribution in [0.2, 0.25) is 0 Å². The fourth-order valence-corrected chi connectivity index (χ4v) is 4.26. The molecule has 1 saturated carbocycles. The van der Waals surface area contributed by atoms with Crippen LogP contribution >= 0.6 is 0 Å². The summed E-state index contributed by atoms with van der Waals surface area (Å²) >= 11 is 0. The first-order valence-electron chi connectivity index (χ1n) is 9.60. The number of piperidine rings is 1. The van der Waals surface area contributed by atoms with Crippen molar-refractivity contribution in [3.8, 4) is 0 Å². The summed E-state index contributed by atoms with van der Waals surface area (Å²) in [4.78, 5) is 25.7. The average Bonchev–Trinajstić information content (AvgIpc) is 3.11. The van der Waals surface area contributed by atoms with Crippen molar-refractivity contribution in [3.63, 3.8) is 0 Å². The van der Waals surface area contributed by atoms with Gasteiger partial charge in [0.15, 0.2) is 0 Å². The van der Waals surface area contributed by atoms with E-state index in [-0.39, 0.29) is 17.7 Å². The monoisotopic (exact) mass is 343 g/mol. The highest BCUT2D eigenvalue weighted by molar-refractivity contribution is 5.81. The zero-order chi connectivity index (χ0) is 17.8. The number of amides is 1. The van der Waals surface area contributed by atoms with Crippen LogP contribution in [0.25, 0.3) is 0 Å². The SMILES string of the molecule is Cc1ccc(CCC2CCN(C(=O)[C@@H]3CC[C@H](C(=O)O)C3)CC2)cc1. The number of hydrogen-bond acceptors (Lipinski definition) is 2. The van der Waals surface area contributed by atoms with E-state index in [4.69, 9.17) is 5.11 Å². The molecule has 25 heavy (non-hydrogen) atoms. The third-order valence-electron chi connectivity index (χ3n) is 6.02. The fourth-order valence-electron chi connectivity index (χ4n) is 4.26. The predicted molar refractivity (Wildman–Crippen MR) is 97.3 cm³/mol. The van der Waals surface area contributed by atoms with Gasteiger partial charge in [0.25, 0.3) is 0 Å². The molecule has 1 amide bonds. The molecule has 1 aliphatic heterocycles. The Morgan fingerprint density at radius 2 is 1.68 bits per heavy atom. The summed E-state index contributed by atoms with van der Waals surface area (Å²) < 4.78 is 0. The Morgan fingerprint density at radius 3 is 2.28 bits per heavy atom. The van der Waals surface area contributed by atoms with Crippen LogP contribution < -0.4 is 0 Å². The van der Waals surface area contributed by atoms with Crippen LogP contribution in [0.3, 0.4) is 0 Å². The Hall–Kier alpha value is -1.84. The molecule has 4 heteroatoms. The van der Waals surface area contributed by atoms with Crippen molar-refractivity contribution in [3.05, 3.63) is 35.4 Å². The molecular weight excluding hydrogens is 314 g/mol. The number of carboxylic acids is 1. The third kappa shape index (κ3) is 4.62. The number of nitrogens with zero attached hydrogens (tertiary/aromatic N) is 1. The minimum Gasteiger partial charge on any atom is -0.481 e. The van der Waals surface area contributed by atoms with Crippen LogP contribution in [0.5, 0.6) is 0 Å². The molecule has 3 rings (SSSR count). The highest BCUT2D eigenvalue weighted by atomic mass is 16.4. The summed E-state index contributed by atoms with van der Waals surface area (Å²) in [6.45, 7) is 3.79. The first-order valence-corrected chi connectivity index (χ1v) is 9.60. The lowest BCUT2D eigenvalue weighted by molar-refractivity contribution is -0.141. The van der Waals surface area contributed by atoms with Gasteiger partial charge in [-0.3, -0.25) is 9.59 Å². The number of likely N-dealkylation sites (tertiary alicyclic amines) is 1. The van der Waals surface area contributed by atoms with Crippen LogP contribution in [0.4, 0.5) is 0 Å². The van der Waals surface area contributed by atoms with Gasteiger partial charge in [0, 0.05) is 19.0 Å². The first kappa shape index (κ1) is 18.0. The van der Waals surface area contributed by atoms with Gasteiger partial charge >= 0.3 is 5.97 Å². The topological polar surface area (TPSA) is 57.6 Å². The lowest BCUT2D eigenvalue weighted by Gasteiger charge is -2.33. The van der Waals surface area contributed by atoms with E-state index in [0.717, 1.165) is 38.8 Å². The minimum atomic E-state index is -0.745. The fraction of sp³-hybridized carbons (Fsp3) is 0.619. The molecule has 2 aliphatic rings. The second-order valence-electron chi connectivity index (χ2n) is 7.84. The Bertz CT molecular complexity index is 602. The number of aliphatic carboxylic acids is 1. The molecule has 2 atom stereocenters. The van der Waals surface area contributed by atoms with Crippen molar-refractivity contribution in [2.75, 3.05) is 13.1 Å². The number of rotatable bonds is 5. The van der Waals surface area contributed by atoms with Crippen molar-refractivity contribution in [2.45, 2.75) is 51.9 Å². The second-order valence-corrected chi connectivity index (χ2v) is 7.84. The minimum absolute atomic E-state index is 0.0646. The molecule has 0 radical (unpaired) electrons. The van der Waals surface area contributed by atoms with Crippen LogP contribution in [0.15, 0.2) is 24.3 Å². The van der Waals surface area contributed by atoms with Gasteiger partial charge in [0.05, 0.1) is 5.92 Å². The van der Waals surface area contributed by atoms with Gasteiger partial charge in [0.2, 0.25) is 5.91 Å². The van der Waals surface area contributed by atoms with E-state index in [0.29, 0.717) is 18.8 Å². The molecule has 1 heterocycles. The molecule has 0 aromatic heterocycles. The van der Waals surface area contributed by atoms with Gasteiger partial charge in [-0.25, -0.2) is 0 Å². The van der Waals surface area contributed by atoms with Gasteiger partial charge in [-0.15, -0.1) is 0 Å². The highest BCUT2D eigenvalue weighted by Gasteiger charge is 2.36. The number of carbonyl (C=O) groups excluding carboxylic acids is 1. The molecule has 1 aromatic carbocycles. The zero-order valence-electron chi connectivity index (χ0n) is 15.1.